The van der Waals surface area contributed by atoms with E-state index in [9.17, 15) is 19.8 Å². The van der Waals surface area contributed by atoms with Gasteiger partial charge in [0.2, 0.25) is 5.91 Å². The summed E-state index contributed by atoms with van der Waals surface area (Å²) in [6.07, 6.45) is 0.113. The van der Waals surface area contributed by atoms with Gasteiger partial charge in [-0.3, -0.25) is 4.79 Å². The van der Waals surface area contributed by atoms with E-state index in [2.05, 4.69) is 20.9 Å². The zero-order valence-electron chi connectivity index (χ0n) is 17.8. The molecule has 4 heterocycles. The van der Waals surface area contributed by atoms with Crippen molar-refractivity contribution in [2.24, 2.45) is 11.8 Å². The van der Waals surface area contributed by atoms with Gasteiger partial charge in [0.05, 0.1) is 18.1 Å². The molecule has 4 rings (SSSR count). The third-order valence-electron chi connectivity index (χ3n) is 6.69. The fraction of sp³-hybridized carbons (Fsp3) is 0.750. The van der Waals surface area contributed by atoms with E-state index in [4.69, 9.17) is 12.2 Å². The van der Waals surface area contributed by atoms with Crippen LogP contribution in [0.1, 0.15) is 20.3 Å². The summed E-state index contributed by atoms with van der Waals surface area (Å²) in [5.41, 5.74) is 0.103. The van der Waals surface area contributed by atoms with Gasteiger partial charge < -0.3 is 36.0 Å². The highest BCUT2D eigenvalue weighted by Crippen LogP contribution is 2.51. The van der Waals surface area contributed by atoms with E-state index in [1.807, 2.05) is 6.92 Å². The lowest BCUT2D eigenvalue weighted by molar-refractivity contribution is -0.163. The number of fused-ring (bicyclic) bond motifs is 1. The Balaban J connectivity index is 1.34. The number of thioether (sulfide) groups is 1. The van der Waals surface area contributed by atoms with E-state index in [1.165, 1.54) is 4.90 Å². The Bertz CT molecular complexity index is 786. The van der Waals surface area contributed by atoms with Crippen LogP contribution in [0.15, 0.2) is 10.6 Å². The summed E-state index contributed by atoms with van der Waals surface area (Å²) in [5, 5.41) is 31.0. The molecular formula is C20H31N5O4S2. The van der Waals surface area contributed by atoms with E-state index in [0.29, 0.717) is 0 Å². The molecule has 172 valence electrons. The molecule has 1 unspecified atom stereocenters. The van der Waals surface area contributed by atoms with E-state index < -0.39 is 18.0 Å². The summed E-state index contributed by atoms with van der Waals surface area (Å²) in [4.78, 5) is 28.8. The first kappa shape index (κ1) is 22.8. The number of nitrogens with zero attached hydrogens (tertiary/aromatic N) is 2. The number of thiocarbonyl (C=S) groups is 1. The Kier molecular flexibility index (Phi) is 6.78. The van der Waals surface area contributed by atoms with Crippen molar-refractivity contribution in [1.82, 2.24) is 25.8 Å². The van der Waals surface area contributed by atoms with Crippen LogP contribution in [0.5, 0.6) is 0 Å². The minimum Gasteiger partial charge on any atom is -0.477 e. The molecule has 5 N–H and O–H groups in total. The first-order valence-electron chi connectivity index (χ1n) is 10.9. The van der Waals surface area contributed by atoms with Crippen LogP contribution in [-0.2, 0) is 9.59 Å². The molecule has 6 atom stereocenters. The second-order valence-electron chi connectivity index (χ2n) is 8.78. The van der Waals surface area contributed by atoms with Gasteiger partial charge >= 0.3 is 5.97 Å². The summed E-state index contributed by atoms with van der Waals surface area (Å²) in [5.74, 6) is -1.97. The van der Waals surface area contributed by atoms with Crippen molar-refractivity contribution in [2.75, 3.05) is 39.3 Å². The summed E-state index contributed by atoms with van der Waals surface area (Å²) < 4.78 is 0. The van der Waals surface area contributed by atoms with Gasteiger partial charge in [0.25, 0.3) is 0 Å². The third-order valence-corrected chi connectivity index (χ3v) is 8.60. The Morgan fingerprint density at radius 1 is 1.39 bits per heavy atom. The average Bonchev–Trinajstić information content (AvgIpc) is 3.28. The number of carbonyl (C=O) groups excluding carboxylic acids is 1. The maximum atomic E-state index is 12.5. The first-order valence-corrected chi connectivity index (χ1v) is 12.2. The van der Waals surface area contributed by atoms with Crippen LogP contribution in [0.2, 0.25) is 0 Å². The van der Waals surface area contributed by atoms with Crippen LogP contribution in [-0.4, -0.2) is 99.7 Å². The van der Waals surface area contributed by atoms with Crippen LogP contribution in [0.4, 0.5) is 0 Å². The second kappa shape index (κ2) is 9.22. The van der Waals surface area contributed by atoms with Crippen molar-refractivity contribution >= 4 is 41.0 Å². The van der Waals surface area contributed by atoms with Gasteiger partial charge in [0.1, 0.15) is 5.70 Å². The standard InChI is InChI=1S/C20H31N5O4S2/c1-10-15-14(11(2)26)18(27)25(15)16(19(28)29)17(10)31-13-7-12(22-9-13)8-23-20(30)24-5-3-21-4-6-24/h10-15,21-22,26H,3-9H2,1-2H3,(H,23,30)(H,28,29)/t10-,11-,12+,13+,14?,15-/m1/s1. The summed E-state index contributed by atoms with van der Waals surface area (Å²) in [7, 11) is 0. The fourth-order valence-corrected chi connectivity index (χ4v) is 6.86. The molecular weight excluding hydrogens is 438 g/mol. The predicted octanol–water partition coefficient (Wildman–Crippen LogP) is -0.616. The normalized spacial score (nSPS) is 33.9. The van der Waals surface area contributed by atoms with Crippen LogP contribution >= 0.6 is 24.0 Å². The van der Waals surface area contributed by atoms with Crippen molar-refractivity contribution in [2.45, 2.75) is 43.7 Å². The molecule has 0 aliphatic carbocycles. The number of aliphatic hydroxyl groups is 1. The van der Waals surface area contributed by atoms with Crippen molar-refractivity contribution in [1.29, 1.82) is 0 Å². The molecule has 9 nitrogen and oxygen atoms in total. The lowest BCUT2D eigenvalue weighted by atomic mass is 9.79. The Hall–Kier alpha value is -1.40. The smallest absolute Gasteiger partial charge is 0.353 e. The number of hydrogen-bond acceptors (Lipinski definition) is 7. The molecule has 4 aliphatic rings. The minimum absolute atomic E-state index is 0.0918. The fourth-order valence-electron chi connectivity index (χ4n) is 5.08. The number of carbonyl (C=O) groups is 2. The number of carboxylic acids is 1. The summed E-state index contributed by atoms with van der Waals surface area (Å²) in [6.45, 7) is 8.78. The molecule has 0 radical (unpaired) electrons. The van der Waals surface area contributed by atoms with Gasteiger partial charge in [-0.25, -0.2) is 4.79 Å². The topological polar surface area (TPSA) is 117 Å². The number of amides is 1. The molecule has 4 aliphatic heterocycles. The number of piperazine rings is 1. The molecule has 0 saturated carbocycles. The van der Waals surface area contributed by atoms with E-state index in [-0.39, 0.29) is 34.9 Å². The van der Waals surface area contributed by atoms with Gasteiger partial charge in [-0.05, 0) is 25.6 Å². The number of carboxylic acid groups (broad SMARTS) is 1. The molecule has 31 heavy (non-hydrogen) atoms. The minimum atomic E-state index is -1.07. The van der Waals surface area contributed by atoms with Crippen LogP contribution in [0.25, 0.3) is 0 Å². The maximum absolute atomic E-state index is 12.5. The largest absolute Gasteiger partial charge is 0.477 e. The lowest BCUT2D eigenvalue weighted by Gasteiger charge is -2.46. The van der Waals surface area contributed by atoms with Gasteiger partial charge in [-0.1, -0.05) is 6.92 Å². The molecule has 11 heteroatoms. The Labute approximate surface area is 192 Å². The number of aliphatic carboxylic acids is 1. The first-order chi connectivity index (χ1) is 14.8. The summed E-state index contributed by atoms with van der Waals surface area (Å²) >= 11 is 7.08. The quantitative estimate of drug-likeness (QED) is 0.255. The number of hydrogen-bond donors (Lipinski definition) is 5. The zero-order chi connectivity index (χ0) is 22.3. The molecule has 0 aromatic heterocycles. The van der Waals surface area contributed by atoms with E-state index >= 15 is 0 Å². The van der Waals surface area contributed by atoms with Crippen molar-refractivity contribution in [3.05, 3.63) is 10.6 Å². The Morgan fingerprint density at radius 2 is 2.10 bits per heavy atom. The molecule has 0 bridgehead atoms. The SMILES string of the molecule is C[C@@H](O)C1C(=O)N2C(C(=O)O)=C(S[C@@H]3CN[C@H](CNC(=S)N4CCNCC4)C3)[C@H](C)[C@H]12. The lowest BCUT2D eigenvalue weighted by Crippen LogP contribution is -2.63. The maximum Gasteiger partial charge on any atom is 0.353 e. The third kappa shape index (κ3) is 4.30. The molecule has 3 saturated heterocycles. The Morgan fingerprint density at radius 3 is 2.74 bits per heavy atom. The number of nitrogens with one attached hydrogen (secondary N) is 3. The van der Waals surface area contributed by atoms with Crippen molar-refractivity contribution in [3.8, 4) is 0 Å². The second-order valence-corrected chi connectivity index (χ2v) is 10.5. The van der Waals surface area contributed by atoms with Crippen LogP contribution in [0.3, 0.4) is 0 Å². The van der Waals surface area contributed by atoms with E-state index in [1.54, 1.807) is 18.7 Å². The van der Waals surface area contributed by atoms with E-state index in [0.717, 1.165) is 55.7 Å². The number of rotatable bonds is 6. The molecule has 0 aromatic rings. The van der Waals surface area contributed by atoms with Crippen molar-refractivity contribution < 1.29 is 19.8 Å². The monoisotopic (exact) mass is 469 g/mol. The van der Waals surface area contributed by atoms with Crippen molar-refractivity contribution in [3.63, 3.8) is 0 Å². The predicted molar refractivity (Wildman–Crippen MR) is 122 cm³/mol. The number of aliphatic hydroxyl groups excluding tert-OH is 1. The highest BCUT2D eigenvalue weighted by Gasteiger charge is 2.60. The van der Waals surface area contributed by atoms with Gasteiger partial charge in [-0.2, -0.15) is 0 Å². The van der Waals surface area contributed by atoms with Gasteiger partial charge in [0.15, 0.2) is 5.11 Å². The highest BCUT2D eigenvalue weighted by atomic mass is 32.2. The van der Waals surface area contributed by atoms with Gasteiger partial charge in [0, 0.05) is 61.4 Å². The van der Waals surface area contributed by atoms with Gasteiger partial charge in [-0.15, -0.1) is 11.8 Å². The highest BCUT2D eigenvalue weighted by molar-refractivity contribution is 8.03. The summed E-state index contributed by atoms with van der Waals surface area (Å²) in [6, 6.07) is -0.00263. The van der Waals surface area contributed by atoms with Crippen LogP contribution < -0.4 is 16.0 Å². The molecule has 1 amide bonds. The van der Waals surface area contributed by atoms with Crippen LogP contribution in [0, 0.1) is 11.8 Å². The molecule has 3 fully saturated rings. The average molecular weight is 470 g/mol. The molecule has 0 spiro atoms. The molecule has 0 aromatic carbocycles. The zero-order valence-corrected chi connectivity index (χ0v) is 19.5. The number of β-lactam (4-membered cyclic amide) rings is 1.